The summed E-state index contributed by atoms with van der Waals surface area (Å²) in [5.41, 5.74) is 1.80. The van der Waals surface area contributed by atoms with Crippen molar-refractivity contribution in [1.82, 2.24) is 15.1 Å². The number of benzene rings is 1. The lowest BCUT2D eigenvalue weighted by molar-refractivity contribution is 0.102. The Hall–Kier alpha value is -3.26. The van der Waals surface area contributed by atoms with Gasteiger partial charge in [-0.25, -0.2) is 4.98 Å². The fraction of sp³-hybridized carbons (Fsp3) is 0.364. The molecule has 1 aromatic carbocycles. The number of anilines is 2. The maximum absolute atomic E-state index is 12.9. The average molecular weight is 407 g/mol. The molecule has 0 bridgehead atoms. The van der Waals surface area contributed by atoms with Crippen molar-refractivity contribution in [3.63, 3.8) is 0 Å². The van der Waals surface area contributed by atoms with Crippen LogP contribution in [0.15, 0.2) is 47.1 Å². The molecule has 0 spiro atoms. The molecule has 0 atom stereocenters. The number of rotatable bonds is 4. The molecule has 1 fully saturated rings. The molecular formula is C22H25N5O3. The Labute approximate surface area is 175 Å². The normalized spacial score (nSPS) is 14.6. The van der Waals surface area contributed by atoms with E-state index in [-0.39, 0.29) is 11.3 Å². The number of hydrogen-bond acceptors (Lipinski definition) is 7. The Morgan fingerprint density at radius 3 is 2.53 bits per heavy atom. The van der Waals surface area contributed by atoms with Crippen LogP contribution in [0.4, 0.5) is 11.5 Å². The van der Waals surface area contributed by atoms with Crippen molar-refractivity contribution >= 4 is 17.4 Å². The van der Waals surface area contributed by atoms with Gasteiger partial charge < -0.3 is 19.5 Å². The summed E-state index contributed by atoms with van der Waals surface area (Å²) >= 11 is 0. The molecule has 2 aromatic heterocycles. The molecule has 8 nitrogen and oxygen atoms in total. The second kappa shape index (κ2) is 8.23. The Bertz CT molecular complexity index is 1020. The van der Waals surface area contributed by atoms with Crippen LogP contribution in [0.1, 0.15) is 37.0 Å². The largest absolute Gasteiger partial charge is 0.378 e. The van der Waals surface area contributed by atoms with Crippen LogP contribution in [0.3, 0.4) is 0 Å². The fourth-order valence-corrected chi connectivity index (χ4v) is 3.16. The summed E-state index contributed by atoms with van der Waals surface area (Å²) in [4.78, 5) is 24.0. The summed E-state index contributed by atoms with van der Waals surface area (Å²) in [6.07, 6.45) is 1.76. The molecule has 0 saturated carbocycles. The quantitative estimate of drug-likeness (QED) is 0.707. The summed E-state index contributed by atoms with van der Waals surface area (Å²) in [6.45, 7) is 9.11. The van der Waals surface area contributed by atoms with E-state index in [0.717, 1.165) is 18.8 Å². The number of aromatic nitrogens is 3. The van der Waals surface area contributed by atoms with Crippen LogP contribution in [0.2, 0.25) is 0 Å². The summed E-state index contributed by atoms with van der Waals surface area (Å²) in [6, 6.07) is 10.9. The number of carbonyl (C=O) groups is 1. The smallest absolute Gasteiger partial charge is 0.258 e. The molecule has 0 aliphatic carbocycles. The van der Waals surface area contributed by atoms with Crippen LogP contribution in [0, 0.1) is 0 Å². The first kappa shape index (κ1) is 20.0. The van der Waals surface area contributed by atoms with Crippen LogP contribution in [0.5, 0.6) is 0 Å². The van der Waals surface area contributed by atoms with Gasteiger partial charge in [0.2, 0.25) is 0 Å². The van der Waals surface area contributed by atoms with Crippen molar-refractivity contribution in [2.75, 3.05) is 36.5 Å². The summed E-state index contributed by atoms with van der Waals surface area (Å²) in [5.74, 6) is 1.11. The molecule has 156 valence electrons. The van der Waals surface area contributed by atoms with Gasteiger partial charge in [-0.1, -0.05) is 38.1 Å². The second-order valence-electron chi connectivity index (χ2n) is 8.17. The van der Waals surface area contributed by atoms with Crippen molar-refractivity contribution in [3.8, 4) is 11.5 Å². The van der Waals surface area contributed by atoms with Gasteiger partial charge in [0.25, 0.3) is 11.8 Å². The molecule has 1 saturated heterocycles. The zero-order valence-electron chi connectivity index (χ0n) is 17.4. The molecule has 4 rings (SSSR count). The maximum atomic E-state index is 12.9. The van der Waals surface area contributed by atoms with Gasteiger partial charge in [0.15, 0.2) is 5.82 Å². The van der Waals surface area contributed by atoms with Crippen LogP contribution in [-0.4, -0.2) is 47.3 Å². The van der Waals surface area contributed by atoms with Gasteiger partial charge in [0.1, 0.15) is 5.82 Å². The van der Waals surface area contributed by atoms with Crippen LogP contribution in [0.25, 0.3) is 11.5 Å². The maximum Gasteiger partial charge on any atom is 0.258 e. The van der Waals surface area contributed by atoms with E-state index < -0.39 is 0 Å². The van der Waals surface area contributed by atoms with Gasteiger partial charge in [-0.2, -0.15) is 4.98 Å². The summed E-state index contributed by atoms with van der Waals surface area (Å²) in [7, 11) is 0. The molecule has 1 N–H and O–H groups in total. The fourth-order valence-electron chi connectivity index (χ4n) is 3.16. The zero-order chi connectivity index (χ0) is 21.1. The average Bonchev–Trinajstić information content (AvgIpc) is 3.26. The van der Waals surface area contributed by atoms with Crippen molar-refractivity contribution in [2.24, 2.45) is 0 Å². The van der Waals surface area contributed by atoms with Gasteiger partial charge >= 0.3 is 0 Å². The van der Waals surface area contributed by atoms with Gasteiger partial charge in [-0.05, 0) is 24.3 Å². The lowest BCUT2D eigenvalue weighted by atomic mass is 9.96. The van der Waals surface area contributed by atoms with Crippen LogP contribution < -0.4 is 10.2 Å². The SMILES string of the molecule is CC(C)(C)c1noc(-c2ccccc2C(=O)Nc2ccc(N3CCOCC3)cn2)n1. The zero-order valence-corrected chi connectivity index (χ0v) is 17.4. The van der Waals surface area contributed by atoms with E-state index in [1.54, 1.807) is 30.5 Å². The number of ether oxygens (including phenoxy) is 1. The minimum atomic E-state index is -0.285. The molecule has 1 amide bonds. The van der Waals surface area contributed by atoms with Gasteiger partial charge in [0, 0.05) is 18.5 Å². The minimum absolute atomic E-state index is 0.245. The van der Waals surface area contributed by atoms with E-state index in [1.807, 2.05) is 32.9 Å². The molecule has 1 aliphatic rings. The molecular weight excluding hydrogens is 382 g/mol. The Morgan fingerprint density at radius 2 is 1.87 bits per heavy atom. The van der Waals surface area contributed by atoms with Crippen molar-refractivity contribution < 1.29 is 14.1 Å². The van der Waals surface area contributed by atoms with E-state index in [2.05, 4.69) is 25.3 Å². The first-order valence-corrected chi connectivity index (χ1v) is 9.95. The number of carbonyl (C=O) groups excluding carboxylic acids is 1. The summed E-state index contributed by atoms with van der Waals surface area (Å²) in [5, 5.41) is 6.91. The van der Waals surface area contributed by atoms with Gasteiger partial charge in [-0.15, -0.1) is 0 Å². The van der Waals surface area contributed by atoms with Crippen LogP contribution >= 0.6 is 0 Å². The Morgan fingerprint density at radius 1 is 1.10 bits per heavy atom. The third-order valence-electron chi connectivity index (χ3n) is 4.86. The van der Waals surface area contributed by atoms with Crippen LogP contribution in [-0.2, 0) is 10.2 Å². The highest BCUT2D eigenvalue weighted by Crippen LogP contribution is 2.26. The van der Waals surface area contributed by atoms with E-state index >= 15 is 0 Å². The minimum Gasteiger partial charge on any atom is -0.378 e. The number of hydrogen-bond donors (Lipinski definition) is 1. The number of amides is 1. The third-order valence-corrected chi connectivity index (χ3v) is 4.86. The molecule has 1 aliphatic heterocycles. The standard InChI is InChI=1S/C22H25N5O3/c1-22(2,3)21-25-20(30-26-21)17-7-5-4-6-16(17)19(28)24-18-9-8-15(14-23-18)27-10-12-29-13-11-27/h4-9,14H,10-13H2,1-3H3,(H,23,24,28). The molecule has 3 aromatic rings. The number of nitrogens with one attached hydrogen (secondary N) is 1. The molecule has 8 heteroatoms. The number of morpholine rings is 1. The third kappa shape index (κ3) is 4.33. The van der Waals surface area contributed by atoms with E-state index in [1.165, 1.54) is 0 Å². The molecule has 30 heavy (non-hydrogen) atoms. The topological polar surface area (TPSA) is 93.4 Å². The number of nitrogens with zero attached hydrogens (tertiary/aromatic N) is 4. The predicted molar refractivity (Wildman–Crippen MR) is 114 cm³/mol. The summed E-state index contributed by atoms with van der Waals surface area (Å²) < 4.78 is 10.8. The molecule has 3 heterocycles. The number of pyridine rings is 1. The Kier molecular flexibility index (Phi) is 5.50. The van der Waals surface area contributed by atoms with E-state index in [4.69, 9.17) is 9.26 Å². The van der Waals surface area contributed by atoms with Crippen molar-refractivity contribution in [2.45, 2.75) is 26.2 Å². The monoisotopic (exact) mass is 407 g/mol. The first-order valence-electron chi connectivity index (χ1n) is 9.95. The lowest BCUT2D eigenvalue weighted by Crippen LogP contribution is -2.36. The van der Waals surface area contributed by atoms with E-state index in [9.17, 15) is 4.79 Å². The molecule has 0 radical (unpaired) electrons. The lowest BCUT2D eigenvalue weighted by Gasteiger charge is -2.28. The predicted octanol–water partition coefficient (Wildman–Crippen LogP) is 3.52. The highest BCUT2D eigenvalue weighted by Gasteiger charge is 2.24. The van der Waals surface area contributed by atoms with E-state index in [0.29, 0.717) is 41.9 Å². The highest BCUT2D eigenvalue weighted by atomic mass is 16.5. The van der Waals surface area contributed by atoms with Gasteiger partial charge in [0.05, 0.1) is 36.2 Å². The van der Waals surface area contributed by atoms with Crippen molar-refractivity contribution in [1.29, 1.82) is 0 Å². The first-order chi connectivity index (χ1) is 14.4. The molecule has 0 unspecified atom stereocenters. The highest BCUT2D eigenvalue weighted by molar-refractivity contribution is 6.07. The Balaban J connectivity index is 1.52. The van der Waals surface area contributed by atoms with Crippen molar-refractivity contribution in [3.05, 3.63) is 54.0 Å². The second-order valence-corrected chi connectivity index (χ2v) is 8.17. The van der Waals surface area contributed by atoms with Gasteiger partial charge in [-0.3, -0.25) is 4.79 Å².